The van der Waals surface area contributed by atoms with E-state index in [0.717, 1.165) is 12.8 Å². The van der Waals surface area contributed by atoms with Gasteiger partial charge in [-0.05, 0) is 61.4 Å². The molecule has 0 aliphatic heterocycles. The first-order valence-electron chi connectivity index (χ1n) is 10.0. The molecule has 4 rings (SSSR count). The molecule has 9 heteroatoms. The van der Waals surface area contributed by atoms with Crippen LogP contribution in [-0.4, -0.2) is 41.3 Å². The molecule has 1 aliphatic carbocycles. The summed E-state index contributed by atoms with van der Waals surface area (Å²) in [5, 5.41) is 7.42. The number of benzene rings is 2. The molecule has 1 aromatic heterocycles. The van der Waals surface area contributed by atoms with E-state index in [1.54, 1.807) is 60.5 Å². The number of hydrogen-bond acceptors (Lipinski definition) is 6. The summed E-state index contributed by atoms with van der Waals surface area (Å²) < 4.78 is 16.5. The number of urea groups is 1. The van der Waals surface area contributed by atoms with Gasteiger partial charge in [0.15, 0.2) is 6.61 Å². The van der Waals surface area contributed by atoms with Crippen LogP contribution in [-0.2, 0) is 6.61 Å². The van der Waals surface area contributed by atoms with Crippen LogP contribution in [0.25, 0.3) is 0 Å². The Morgan fingerprint density at radius 3 is 2.52 bits per heavy atom. The minimum Gasteiger partial charge on any atom is -0.492 e. The molecule has 1 aliphatic rings. The normalized spacial score (nSPS) is 13.0. The number of rotatable bonds is 9. The highest BCUT2D eigenvalue weighted by atomic mass is 35.5. The Labute approximate surface area is 185 Å². The van der Waals surface area contributed by atoms with Crippen molar-refractivity contribution in [2.24, 2.45) is 0 Å². The standard InChI is InChI=1S/C22H23ClN4O4/c1-27(12-13-29-18-8-4-16(23)5-9-18)22(28)24-17-6-10-19(11-7-17)30-14-20-25-21(31-26-20)15-2-3-15/h4-11,15H,2-3,12-14H2,1H3,(H,24,28). The van der Waals surface area contributed by atoms with Crippen molar-refractivity contribution in [2.75, 3.05) is 25.5 Å². The molecular formula is C22H23ClN4O4. The summed E-state index contributed by atoms with van der Waals surface area (Å²) >= 11 is 5.85. The fraction of sp³-hybridized carbons (Fsp3) is 0.318. The monoisotopic (exact) mass is 442 g/mol. The van der Waals surface area contributed by atoms with Gasteiger partial charge in [0.05, 0.1) is 6.54 Å². The second-order valence-corrected chi connectivity index (χ2v) is 7.73. The maximum Gasteiger partial charge on any atom is 0.321 e. The summed E-state index contributed by atoms with van der Waals surface area (Å²) in [6.45, 7) is 1.04. The van der Waals surface area contributed by atoms with Gasteiger partial charge in [0.1, 0.15) is 18.1 Å². The van der Waals surface area contributed by atoms with Crippen LogP contribution >= 0.6 is 11.6 Å². The molecule has 8 nitrogen and oxygen atoms in total. The lowest BCUT2D eigenvalue weighted by Crippen LogP contribution is -2.34. The van der Waals surface area contributed by atoms with E-state index in [1.807, 2.05) is 0 Å². The molecule has 3 aromatic rings. The highest BCUT2D eigenvalue weighted by Gasteiger charge is 2.29. The Kier molecular flexibility index (Phi) is 6.57. The number of amides is 2. The van der Waals surface area contributed by atoms with Crippen molar-refractivity contribution in [3.05, 3.63) is 65.3 Å². The number of hydrogen-bond donors (Lipinski definition) is 1. The number of halogens is 1. The first-order chi connectivity index (χ1) is 15.1. The van der Waals surface area contributed by atoms with Gasteiger partial charge in [0.2, 0.25) is 11.7 Å². The Hall–Kier alpha value is -3.26. The molecule has 1 heterocycles. The third-order valence-corrected chi connectivity index (χ3v) is 4.99. The number of ether oxygens (including phenoxy) is 2. The highest BCUT2D eigenvalue weighted by Crippen LogP contribution is 2.38. The van der Waals surface area contributed by atoms with Crippen LogP contribution < -0.4 is 14.8 Å². The third-order valence-electron chi connectivity index (χ3n) is 4.74. The average Bonchev–Trinajstić information content (AvgIpc) is 3.52. The number of aromatic nitrogens is 2. The van der Waals surface area contributed by atoms with E-state index in [9.17, 15) is 4.79 Å². The highest BCUT2D eigenvalue weighted by molar-refractivity contribution is 6.30. The van der Waals surface area contributed by atoms with E-state index in [0.29, 0.717) is 53.0 Å². The fourth-order valence-corrected chi connectivity index (χ4v) is 2.88. The van der Waals surface area contributed by atoms with Crippen LogP contribution in [0, 0.1) is 0 Å². The van der Waals surface area contributed by atoms with Gasteiger partial charge in [-0.15, -0.1) is 0 Å². The first kappa shape index (κ1) is 21.0. The lowest BCUT2D eigenvalue weighted by atomic mass is 10.3. The van der Waals surface area contributed by atoms with E-state index in [2.05, 4.69) is 15.5 Å². The molecule has 0 saturated heterocycles. The zero-order valence-corrected chi connectivity index (χ0v) is 17.8. The maximum absolute atomic E-state index is 12.3. The smallest absolute Gasteiger partial charge is 0.321 e. The van der Waals surface area contributed by atoms with Crippen LogP contribution in [0.15, 0.2) is 53.1 Å². The molecule has 1 fully saturated rings. The van der Waals surface area contributed by atoms with Crippen LogP contribution in [0.1, 0.15) is 30.5 Å². The predicted molar refractivity (Wildman–Crippen MR) is 116 cm³/mol. The van der Waals surface area contributed by atoms with Crippen molar-refractivity contribution < 1.29 is 18.8 Å². The summed E-state index contributed by atoms with van der Waals surface area (Å²) in [5.74, 6) is 3.01. The molecule has 0 unspecified atom stereocenters. The molecule has 31 heavy (non-hydrogen) atoms. The van der Waals surface area contributed by atoms with E-state index in [-0.39, 0.29) is 12.6 Å². The second-order valence-electron chi connectivity index (χ2n) is 7.29. The summed E-state index contributed by atoms with van der Waals surface area (Å²) in [4.78, 5) is 18.2. The quantitative estimate of drug-likeness (QED) is 0.515. The van der Waals surface area contributed by atoms with Gasteiger partial charge in [-0.25, -0.2) is 4.79 Å². The Bertz CT molecular complexity index is 1000. The van der Waals surface area contributed by atoms with Gasteiger partial charge < -0.3 is 24.2 Å². The lowest BCUT2D eigenvalue weighted by molar-refractivity contribution is 0.207. The molecule has 1 saturated carbocycles. The van der Waals surface area contributed by atoms with Crippen molar-refractivity contribution in [3.63, 3.8) is 0 Å². The van der Waals surface area contributed by atoms with E-state index < -0.39 is 0 Å². The molecule has 2 amide bonds. The molecule has 162 valence electrons. The topological polar surface area (TPSA) is 89.7 Å². The van der Waals surface area contributed by atoms with Gasteiger partial charge in [-0.2, -0.15) is 4.98 Å². The first-order valence-corrected chi connectivity index (χ1v) is 10.4. The summed E-state index contributed by atoms with van der Waals surface area (Å²) in [6.07, 6.45) is 2.22. The Morgan fingerprint density at radius 2 is 1.81 bits per heavy atom. The minimum atomic E-state index is -0.229. The van der Waals surface area contributed by atoms with E-state index >= 15 is 0 Å². The maximum atomic E-state index is 12.3. The third kappa shape index (κ3) is 6.11. The molecule has 2 aromatic carbocycles. The van der Waals surface area contributed by atoms with Crippen molar-refractivity contribution in [1.29, 1.82) is 0 Å². The van der Waals surface area contributed by atoms with Gasteiger partial charge >= 0.3 is 6.03 Å². The number of carbonyl (C=O) groups excluding carboxylic acids is 1. The van der Waals surface area contributed by atoms with Gasteiger partial charge in [0.25, 0.3) is 0 Å². The summed E-state index contributed by atoms with van der Waals surface area (Å²) in [5.41, 5.74) is 0.665. The van der Waals surface area contributed by atoms with Crippen molar-refractivity contribution in [3.8, 4) is 11.5 Å². The molecule has 0 bridgehead atoms. The van der Waals surface area contributed by atoms with Gasteiger partial charge in [-0.1, -0.05) is 16.8 Å². The van der Waals surface area contributed by atoms with Crippen LogP contribution in [0.5, 0.6) is 11.5 Å². The summed E-state index contributed by atoms with van der Waals surface area (Å²) in [7, 11) is 1.71. The van der Waals surface area contributed by atoms with Crippen LogP contribution in [0.2, 0.25) is 5.02 Å². The van der Waals surface area contributed by atoms with Crippen molar-refractivity contribution in [1.82, 2.24) is 15.0 Å². The zero-order valence-electron chi connectivity index (χ0n) is 17.1. The molecule has 0 spiro atoms. The summed E-state index contributed by atoms with van der Waals surface area (Å²) in [6, 6.07) is 14.0. The second kappa shape index (κ2) is 9.70. The number of anilines is 1. The Morgan fingerprint density at radius 1 is 1.13 bits per heavy atom. The van der Waals surface area contributed by atoms with Gasteiger partial charge in [0, 0.05) is 23.7 Å². The molecule has 0 atom stereocenters. The fourth-order valence-electron chi connectivity index (χ4n) is 2.76. The van der Waals surface area contributed by atoms with Gasteiger partial charge in [-0.3, -0.25) is 0 Å². The zero-order chi connectivity index (χ0) is 21.6. The largest absolute Gasteiger partial charge is 0.492 e. The molecule has 1 N–H and O–H groups in total. The number of nitrogens with zero attached hydrogens (tertiary/aromatic N) is 3. The van der Waals surface area contributed by atoms with E-state index in [4.69, 9.17) is 25.6 Å². The number of carbonyl (C=O) groups is 1. The number of nitrogens with one attached hydrogen (secondary N) is 1. The lowest BCUT2D eigenvalue weighted by Gasteiger charge is -2.18. The molecular weight excluding hydrogens is 420 g/mol. The molecule has 0 radical (unpaired) electrons. The number of likely N-dealkylation sites (N-methyl/N-ethyl adjacent to an activating group) is 1. The van der Waals surface area contributed by atoms with Crippen molar-refractivity contribution >= 4 is 23.3 Å². The Balaban J connectivity index is 1.19. The van der Waals surface area contributed by atoms with Crippen LogP contribution in [0.4, 0.5) is 10.5 Å². The van der Waals surface area contributed by atoms with E-state index in [1.165, 1.54) is 0 Å². The predicted octanol–water partition coefficient (Wildman–Crippen LogP) is 4.72. The van der Waals surface area contributed by atoms with Crippen LogP contribution in [0.3, 0.4) is 0 Å². The average molecular weight is 443 g/mol. The minimum absolute atomic E-state index is 0.229. The SMILES string of the molecule is CN(CCOc1ccc(Cl)cc1)C(=O)Nc1ccc(OCc2noc(C3CC3)n2)cc1. The van der Waals surface area contributed by atoms with Crippen molar-refractivity contribution in [2.45, 2.75) is 25.4 Å².